The van der Waals surface area contributed by atoms with Crippen LogP contribution in [0.1, 0.15) is 11.5 Å². The summed E-state index contributed by atoms with van der Waals surface area (Å²) >= 11 is 0. The molecule has 2 N–H and O–H groups in total. The first-order valence-electron chi connectivity index (χ1n) is 5.21. The Labute approximate surface area is 105 Å². The Morgan fingerprint density at radius 2 is 1.89 bits per heavy atom. The third-order valence-corrected chi connectivity index (χ3v) is 3.68. The second-order valence-corrected chi connectivity index (χ2v) is 5.06. The molecule has 96 valence electrons. The number of hydrogen-bond donors (Lipinski definition) is 1. The number of hydrogen-bond acceptors (Lipinski definition) is 3. The lowest BCUT2D eigenvalue weighted by molar-refractivity contribution is 0.480. The van der Waals surface area contributed by atoms with Crippen LogP contribution in [-0.4, -0.2) is 4.21 Å². The van der Waals surface area contributed by atoms with Crippen LogP contribution < -0.4 is 5.73 Å². The minimum absolute atomic E-state index is 0.0135. The molecule has 6 heteroatoms. The van der Waals surface area contributed by atoms with Gasteiger partial charge in [-0.1, -0.05) is 0 Å². The summed E-state index contributed by atoms with van der Waals surface area (Å²) < 4.78 is 43.5. The SMILES string of the molecule is NCc1ccc(CS(=O)c2cc(F)ccc2F)o1. The Morgan fingerprint density at radius 3 is 2.56 bits per heavy atom. The van der Waals surface area contributed by atoms with Crippen LogP contribution in [0, 0.1) is 11.6 Å². The van der Waals surface area contributed by atoms with E-state index in [-0.39, 0.29) is 17.2 Å². The van der Waals surface area contributed by atoms with Crippen molar-refractivity contribution in [1.29, 1.82) is 0 Å². The summed E-state index contributed by atoms with van der Waals surface area (Å²) in [6.07, 6.45) is 0. The van der Waals surface area contributed by atoms with Crippen molar-refractivity contribution in [1.82, 2.24) is 0 Å². The van der Waals surface area contributed by atoms with E-state index in [1.165, 1.54) is 0 Å². The molecule has 0 spiro atoms. The zero-order chi connectivity index (χ0) is 13.1. The molecule has 0 fully saturated rings. The van der Waals surface area contributed by atoms with Crippen molar-refractivity contribution in [3.63, 3.8) is 0 Å². The number of benzene rings is 1. The highest BCUT2D eigenvalue weighted by Gasteiger charge is 2.13. The Hall–Kier alpha value is -1.53. The number of rotatable bonds is 4. The fourth-order valence-electron chi connectivity index (χ4n) is 1.47. The molecule has 0 radical (unpaired) electrons. The van der Waals surface area contributed by atoms with Crippen LogP contribution in [0.5, 0.6) is 0 Å². The highest BCUT2D eigenvalue weighted by Crippen LogP contribution is 2.18. The van der Waals surface area contributed by atoms with Crippen molar-refractivity contribution in [2.45, 2.75) is 17.2 Å². The van der Waals surface area contributed by atoms with Gasteiger partial charge in [-0.15, -0.1) is 0 Å². The van der Waals surface area contributed by atoms with Crippen molar-refractivity contribution in [3.05, 3.63) is 53.5 Å². The molecule has 3 nitrogen and oxygen atoms in total. The molecule has 0 saturated carbocycles. The van der Waals surface area contributed by atoms with E-state index >= 15 is 0 Å². The molecule has 1 aromatic heterocycles. The van der Waals surface area contributed by atoms with Gasteiger partial charge >= 0.3 is 0 Å². The number of nitrogens with two attached hydrogens (primary N) is 1. The maximum atomic E-state index is 13.4. The van der Waals surface area contributed by atoms with Crippen LogP contribution in [0.15, 0.2) is 39.6 Å². The van der Waals surface area contributed by atoms with Gasteiger partial charge in [-0.2, -0.15) is 0 Å². The molecule has 18 heavy (non-hydrogen) atoms. The number of furan rings is 1. The second-order valence-electron chi connectivity index (χ2n) is 3.64. The lowest BCUT2D eigenvalue weighted by Crippen LogP contribution is -1.99. The van der Waals surface area contributed by atoms with Gasteiger partial charge in [0.25, 0.3) is 0 Å². The normalized spacial score (nSPS) is 12.6. The van der Waals surface area contributed by atoms with Gasteiger partial charge in [0.15, 0.2) is 0 Å². The summed E-state index contributed by atoms with van der Waals surface area (Å²) in [6.45, 7) is 0.237. The quantitative estimate of drug-likeness (QED) is 0.928. The molecule has 1 atom stereocenters. The van der Waals surface area contributed by atoms with E-state index in [2.05, 4.69) is 0 Å². The molecule has 1 aromatic carbocycles. The Bertz CT molecular complexity index is 583. The van der Waals surface area contributed by atoms with Gasteiger partial charge < -0.3 is 10.2 Å². The maximum absolute atomic E-state index is 13.4. The third-order valence-electron chi connectivity index (χ3n) is 2.33. The van der Waals surface area contributed by atoms with E-state index in [4.69, 9.17) is 10.2 Å². The first kappa shape index (κ1) is 12.9. The molecule has 0 bridgehead atoms. The van der Waals surface area contributed by atoms with Crippen molar-refractivity contribution in [3.8, 4) is 0 Å². The van der Waals surface area contributed by atoms with Crippen LogP contribution in [0.3, 0.4) is 0 Å². The van der Waals surface area contributed by atoms with Crippen molar-refractivity contribution in [2.75, 3.05) is 0 Å². The minimum atomic E-state index is -1.69. The van der Waals surface area contributed by atoms with E-state index in [0.717, 1.165) is 18.2 Å². The van der Waals surface area contributed by atoms with E-state index < -0.39 is 22.4 Å². The molecule has 2 rings (SSSR count). The fourth-order valence-corrected chi connectivity index (χ4v) is 2.57. The van der Waals surface area contributed by atoms with Crippen molar-refractivity contribution < 1.29 is 17.4 Å². The van der Waals surface area contributed by atoms with Crippen molar-refractivity contribution in [2.24, 2.45) is 5.73 Å². The lowest BCUT2D eigenvalue weighted by Gasteiger charge is -2.02. The molecular formula is C12H11F2NO2S. The second kappa shape index (κ2) is 5.41. The number of halogens is 2. The summed E-state index contributed by atoms with van der Waals surface area (Å²) in [7, 11) is -1.69. The zero-order valence-corrected chi connectivity index (χ0v) is 10.2. The van der Waals surface area contributed by atoms with Gasteiger partial charge in [-0.3, -0.25) is 4.21 Å². The van der Waals surface area contributed by atoms with Gasteiger partial charge in [0.1, 0.15) is 23.2 Å². The van der Waals surface area contributed by atoms with Crippen LogP contribution in [0.4, 0.5) is 8.78 Å². The molecule has 1 unspecified atom stereocenters. The first-order chi connectivity index (χ1) is 8.60. The minimum Gasteiger partial charge on any atom is -0.464 e. The summed E-state index contributed by atoms with van der Waals surface area (Å²) in [4.78, 5) is -0.166. The average molecular weight is 271 g/mol. The van der Waals surface area contributed by atoms with Crippen LogP contribution in [0.2, 0.25) is 0 Å². The van der Waals surface area contributed by atoms with Gasteiger partial charge in [0.2, 0.25) is 0 Å². The lowest BCUT2D eigenvalue weighted by atomic mass is 10.3. The van der Waals surface area contributed by atoms with Crippen LogP contribution in [-0.2, 0) is 23.1 Å². The molecular weight excluding hydrogens is 260 g/mol. The summed E-state index contributed by atoms with van der Waals surface area (Å²) in [5.74, 6) is -0.346. The maximum Gasteiger partial charge on any atom is 0.139 e. The van der Waals surface area contributed by atoms with E-state index in [0.29, 0.717) is 11.5 Å². The first-order valence-corrected chi connectivity index (χ1v) is 6.53. The van der Waals surface area contributed by atoms with Gasteiger partial charge in [-0.25, -0.2) is 8.78 Å². The fraction of sp³-hybridized carbons (Fsp3) is 0.167. The Morgan fingerprint density at radius 1 is 1.17 bits per heavy atom. The van der Waals surface area contributed by atoms with Gasteiger partial charge in [-0.05, 0) is 30.3 Å². The van der Waals surface area contributed by atoms with E-state index in [1.807, 2.05) is 0 Å². The van der Waals surface area contributed by atoms with Gasteiger partial charge in [0, 0.05) is 0 Å². The summed E-state index contributed by atoms with van der Waals surface area (Å²) in [5, 5.41) is 0. The molecule has 0 aliphatic rings. The standard InChI is InChI=1S/C12H11F2NO2S/c13-8-1-4-11(14)12(5-8)18(16)7-10-3-2-9(6-15)17-10/h1-5H,6-7,15H2. The largest absolute Gasteiger partial charge is 0.464 e. The summed E-state index contributed by atoms with van der Waals surface area (Å²) in [5.41, 5.74) is 5.37. The molecule has 0 aliphatic heterocycles. The highest BCUT2D eigenvalue weighted by atomic mass is 32.2. The molecule has 2 aromatic rings. The van der Waals surface area contributed by atoms with Crippen molar-refractivity contribution >= 4 is 10.8 Å². The van der Waals surface area contributed by atoms with Gasteiger partial charge in [0.05, 0.1) is 28.0 Å². The Balaban J connectivity index is 2.19. The summed E-state index contributed by atoms with van der Waals surface area (Å²) in [6, 6.07) is 6.15. The molecule has 1 heterocycles. The van der Waals surface area contributed by atoms with Crippen LogP contribution in [0.25, 0.3) is 0 Å². The smallest absolute Gasteiger partial charge is 0.139 e. The Kier molecular flexibility index (Phi) is 3.88. The van der Waals surface area contributed by atoms with E-state index in [9.17, 15) is 13.0 Å². The third kappa shape index (κ3) is 2.83. The van der Waals surface area contributed by atoms with E-state index in [1.54, 1.807) is 12.1 Å². The average Bonchev–Trinajstić information content (AvgIpc) is 2.80. The topological polar surface area (TPSA) is 56.2 Å². The molecule has 0 amide bonds. The monoisotopic (exact) mass is 271 g/mol. The predicted molar refractivity (Wildman–Crippen MR) is 63.1 cm³/mol. The zero-order valence-electron chi connectivity index (χ0n) is 9.36. The highest BCUT2D eigenvalue weighted by molar-refractivity contribution is 7.84. The molecule has 0 saturated heterocycles. The molecule has 0 aliphatic carbocycles. The predicted octanol–water partition coefficient (Wildman–Crippen LogP) is 2.32. The van der Waals surface area contributed by atoms with Crippen LogP contribution >= 0.6 is 0 Å².